The van der Waals surface area contributed by atoms with Crippen molar-refractivity contribution < 1.29 is 14.3 Å². The Morgan fingerprint density at radius 2 is 2.26 bits per heavy atom. The molecule has 124 valence electrons. The summed E-state index contributed by atoms with van der Waals surface area (Å²) >= 11 is 1.51. The third kappa shape index (κ3) is 3.12. The van der Waals surface area contributed by atoms with E-state index in [0.717, 1.165) is 12.2 Å². The van der Waals surface area contributed by atoms with Crippen molar-refractivity contribution in [1.82, 2.24) is 14.5 Å². The van der Waals surface area contributed by atoms with Crippen LogP contribution in [0.1, 0.15) is 30.1 Å². The van der Waals surface area contributed by atoms with Crippen LogP contribution in [0.2, 0.25) is 0 Å². The van der Waals surface area contributed by atoms with Gasteiger partial charge in [-0.2, -0.15) is 0 Å². The van der Waals surface area contributed by atoms with Crippen LogP contribution >= 0.6 is 11.8 Å². The maximum atomic E-state index is 12.7. The van der Waals surface area contributed by atoms with Crippen LogP contribution in [0.25, 0.3) is 0 Å². The summed E-state index contributed by atoms with van der Waals surface area (Å²) in [5, 5.41) is 0.662. The Hall–Kier alpha value is -1.83. The lowest BCUT2D eigenvalue weighted by atomic mass is 9.97. The summed E-state index contributed by atoms with van der Waals surface area (Å²) in [4.78, 5) is 42.7. The lowest BCUT2D eigenvalue weighted by molar-refractivity contribution is -0.149. The highest BCUT2D eigenvalue weighted by Crippen LogP contribution is 2.22. The molecule has 7 nitrogen and oxygen atoms in total. The topological polar surface area (TPSA) is 81.5 Å². The smallest absolute Gasteiger partial charge is 0.310 e. The van der Waals surface area contributed by atoms with Crippen molar-refractivity contribution in [1.29, 1.82) is 0 Å². The normalized spacial score (nSPS) is 20.2. The molecule has 2 aliphatic heterocycles. The highest BCUT2D eigenvalue weighted by atomic mass is 32.2. The lowest BCUT2D eigenvalue weighted by Crippen LogP contribution is -2.44. The number of thioether (sulfide) groups is 1. The van der Waals surface area contributed by atoms with E-state index in [9.17, 15) is 14.4 Å². The first-order chi connectivity index (χ1) is 11.1. The van der Waals surface area contributed by atoms with Gasteiger partial charge in [0.05, 0.1) is 12.5 Å². The van der Waals surface area contributed by atoms with Crippen molar-refractivity contribution in [3.8, 4) is 0 Å². The molecule has 8 heteroatoms. The molecule has 1 fully saturated rings. The summed E-state index contributed by atoms with van der Waals surface area (Å²) in [6.07, 6.45) is 2.80. The number of aromatic nitrogens is 2. The van der Waals surface area contributed by atoms with Gasteiger partial charge in [-0.1, -0.05) is 11.8 Å². The van der Waals surface area contributed by atoms with Gasteiger partial charge in [0.15, 0.2) is 5.16 Å². The van der Waals surface area contributed by atoms with E-state index in [4.69, 9.17) is 4.74 Å². The predicted molar refractivity (Wildman–Crippen MR) is 84.5 cm³/mol. The minimum atomic E-state index is -0.344. The van der Waals surface area contributed by atoms with Crippen molar-refractivity contribution >= 4 is 23.6 Å². The van der Waals surface area contributed by atoms with Crippen LogP contribution in [0.15, 0.2) is 16.1 Å². The molecule has 23 heavy (non-hydrogen) atoms. The zero-order chi connectivity index (χ0) is 16.4. The number of fused-ring (bicyclic) bond motifs is 1. The first-order valence-electron chi connectivity index (χ1n) is 7.80. The number of carbonyl (C=O) groups is 2. The number of piperidine rings is 1. The summed E-state index contributed by atoms with van der Waals surface area (Å²) < 4.78 is 6.59. The lowest BCUT2D eigenvalue weighted by Gasteiger charge is -2.31. The molecule has 0 aromatic carbocycles. The van der Waals surface area contributed by atoms with Gasteiger partial charge in [0.1, 0.15) is 5.56 Å². The Kier molecular flexibility index (Phi) is 4.70. The molecule has 0 N–H and O–H groups in total. The van der Waals surface area contributed by atoms with Crippen molar-refractivity contribution in [2.45, 2.75) is 31.5 Å². The van der Waals surface area contributed by atoms with Gasteiger partial charge in [0, 0.05) is 31.6 Å². The number of likely N-dealkylation sites (tertiary alicyclic amines) is 1. The first-order valence-corrected chi connectivity index (χ1v) is 8.79. The van der Waals surface area contributed by atoms with E-state index in [-0.39, 0.29) is 28.9 Å². The molecule has 3 rings (SSSR count). The quantitative estimate of drug-likeness (QED) is 0.598. The summed E-state index contributed by atoms with van der Waals surface area (Å²) in [7, 11) is 0. The van der Waals surface area contributed by atoms with Crippen molar-refractivity contribution in [3.63, 3.8) is 0 Å². The minimum absolute atomic E-state index is 0.0840. The van der Waals surface area contributed by atoms with E-state index >= 15 is 0 Å². The van der Waals surface area contributed by atoms with Crippen molar-refractivity contribution in [2.24, 2.45) is 5.92 Å². The molecule has 1 aromatic heterocycles. The van der Waals surface area contributed by atoms with Crippen molar-refractivity contribution in [2.75, 3.05) is 25.4 Å². The molecule has 3 heterocycles. The molecule has 0 radical (unpaired) electrons. The molecule has 1 unspecified atom stereocenters. The fourth-order valence-electron chi connectivity index (χ4n) is 2.95. The largest absolute Gasteiger partial charge is 0.466 e. The van der Waals surface area contributed by atoms with Crippen molar-refractivity contribution in [3.05, 3.63) is 22.1 Å². The average molecular weight is 337 g/mol. The van der Waals surface area contributed by atoms with Gasteiger partial charge in [-0.3, -0.25) is 19.0 Å². The van der Waals surface area contributed by atoms with Crippen LogP contribution in [0.5, 0.6) is 0 Å². The summed E-state index contributed by atoms with van der Waals surface area (Å²) in [6.45, 7) is 3.52. The Balaban J connectivity index is 1.78. The van der Waals surface area contributed by atoms with Gasteiger partial charge in [0.2, 0.25) is 0 Å². The molecular weight excluding hydrogens is 318 g/mol. The summed E-state index contributed by atoms with van der Waals surface area (Å²) in [6, 6.07) is 0. The molecule has 0 saturated carbocycles. The predicted octanol–water partition coefficient (Wildman–Crippen LogP) is 0.764. The molecule has 0 bridgehead atoms. The van der Waals surface area contributed by atoms with Gasteiger partial charge in [-0.25, -0.2) is 4.98 Å². The number of rotatable bonds is 3. The van der Waals surface area contributed by atoms with E-state index in [1.807, 2.05) is 0 Å². The fraction of sp³-hybridized carbons (Fsp3) is 0.600. The Morgan fingerprint density at radius 1 is 1.43 bits per heavy atom. The number of esters is 1. The van der Waals surface area contributed by atoms with E-state index < -0.39 is 0 Å². The third-order valence-electron chi connectivity index (χ3n) is 4.12. The van der Waals surface area contributed by atoms with Crippen LogP contribution in [-0.2, 0) is 16.1 Å². The SMILES string of the molecule is CCOC(=O)C1CCCN(C(=O)c2cnc3n(c2=O)CCS3)C1. The molecule has 0 spiro atoms. The van der Waals surface area contributed by atoms with E-state index in [1.165, 1.54) is 18.0 Å². The van der Waals surface area contributed by atoms with Crippen LogP contribution in [-0.4, -0.2) is 51.8 Å². The molecule has 1 aromatic rings. The molecule has 1 saturated heterocycles. The second kappa shape index (κ2) is 6.74. The van der Waals surface area contributed by atoms with E-state index in [1.54, 1.807) is 16.4 Å². The number of ether oxygens (including phenoxy) is 1. The van der Waals surface area contributed by atoms with Gasteiger partial charge >= 0.3 is 5.97 Å². The highest BCUT2D eigenvalue weighted by Gasteiger charge is 2.31. The van der Waals surface area contributed by atoms with Gasteiger partial charge in [-0.05, 0) is 19.8 Å². The number of hydrogen-bond donors (Lipinski definition) is 0. The van der Waals surface area contributed by atoms with Crippen LogP contribution < -0.4 is 5.56 Å². The minimum Gasteiger partial charge on any atom is -0.466 e. The number of hydrogen-bond acceptors (Lipinski definition) is 6. The van der Waals surface area contributed by atoms with Crippen LogP contribution in [0.3, 0.4) is 0 Å². The summed E-state index contributed by atoms with van der Waals surface area (Å²) in [5.41, 5.74) is -0.205. The van der Waals surface area contributed by atoms with Gasteiger partial charge in [0.25, 0.3) is 11.5 Å². The van der Waals surface area contributed by atoms with E-state index in [0.29, 0.717) is 37.8 Å². The number of amides is 1. The molecule has 2 aliphatic rings. The van der Waals surface area contributed by atoms with Gasteiger partial charge < -0.3 is 9.64 Å². The summed E-state index contributed by atoms with van der Waals surface area (Å²) in [5.74, 6) is -0.128. The Labute approximate surface area is 138 Å². The standard InChI is InChI=1S/C15H19N3O4S/c1-2-22-14(21)10-4-3-5-17(9-10)12(19)11-8-16-15-18(13(11)20)6-7-23-15/h8,10H,2-7,9H2,1H3. The molecule has 1 amide bonds. The third-order valence-corrected chi connectivity index (χ3v) is 5.09. The number of carbonyl (C=O) groups excluding carboxylic acids is 2. The van der Waals surface area contributed by atoms with E-state index in [2.05, 4.69) is 4.98 Å². The Morgan fingerprint density at radius 3 is 3.04 bits per heavy atom. The maximum Gasteiger partial charge on any atom is 0.310 e. The zero-order valence-corrected chi connectivity index (χ0v) is 13.8. The van der Waals surface area contributed by atoms with Crippen LogP contribution in [0, 0.1) is 5.92 Å². The maximum absolute atomic E-state index is 12.7. The molecule has 0 aliphatic carbocycles. The number of nitrogens with zero attached hydrogens (tertiary/aromatic N) is 3. The second-order valence-electron chi connectivity index (χ2n) is 5.60. The second-order valence-corrected chi connectivity index (χ2v) is 6.66. The van der Waals surface area contributed by atoms with Crippen LogP contribution in [0.4, 0.5) is 0 Å². The zero-order valence-electron chi connectivity index (χ0n) is 13.0. The Bertz CT molecular complexity index is 688. The monoisotopic (exact) mass is 337 g/mol. The first kappa shape index (κ1) is 16.0. The average Bonchev–Trinajstić information content (AvgIpc) is 3.04. The highest BCUT2D eigenvalue weighted by molar-refractivity contribution is 7.99. The fourth-order valence-corrected chi connectivity index (χ4v) is 3.86. The molecular formula is C15H19N3O4S. The molecule has 1 atom stereocenters. The van der Waals surface area contributed by atoms with Gasteiger partial charge in [-0.15, -0.1) is 0 Å².